The monoisotopic (exact) mass is 217 g/mol. The second-order valence-corrected chi connectivity index (χ2v) is 4.42. The van der Waals surface area contributed by atoms with Crippen LogP contribution in [-0.4, -0.2) is 20.2 Å². The van der Waals surface area contributed by atoms with E-state index in [1.165, 1.54) is 0 Å². The number of tetrazole rings is 1. The van der Waals surface area contributed by atoms with Gasteiger partial charge in [0, 0.05) is 0 Å². The molecule has 2 aromatic rings. The highest BCUT2D eigenvalue weighted by Gasteiger charge is 2.23. The number of hydrogen-bond donors (Lipinski definition) is 1. The highest BCUT2D eigenvalue weighted by molar-refractivity contribution is 5.39. The van der Waals surface area contributed by atoms with Gasteiger partial charge in [-0.2, -0.15) is 4.68 Å². The van der Waals surface area contributed by atoms with Crippen molar-refractivity contribution < 1.29 is 0 Å². The number of nitrogens with two attached hydrogens (primary N) is 1. The number of benzene rings is 1. The number of aromatic nitrogens is 4. The molecule has 1 aromatic heterocycles. The minimum atomic E-state index is -0.564. The van der Waals surface area contributed by atoms with Crippen molar-refractivity contribution in [3.63, 3.8) is 0 Å². The molecular weight excluding hydrogens is 202 g/mol. The van der Waals surface area contributed by atoms with Gasteiger partial charge in [-0.1, -0.05) is 18.2 Å². The first kappa shape index (κ1) is 10.8. The molecule has 16 heavy (non-hydrogen) atoms. The zero-order valence-corrected chi connectivity index (χ0v) is 9.68. The van der Waals surface area contributed by atoms with Gasteiger partial charge in [0.2, 0.25) is 0 Å². The Labute approximate surface area is 94.3 Å². The van der Waals surface area contributed by atoms with Gasteiger partial charge in [-0.25, -0.2) is 0 Å². The average molecular weight is 217 g/mol. The van der Waals surface area contributed by atoms with Crippen molar-refractivity contribution in [1.82, 2.24) is 20.2 Å². The zero-order chi connectivity index (χ0) is 11.8. The molecule has 0 fully saturated rings. The highest BCUT2D eigenvalue weighted by atomic mass is 15.5. The molecule has 5 heteroatoms. The third-order valence-electron chi connectivity index (χ3n) is 2.39. The van der Waals surface area contributed by atoms with Crippen molar-refractivity contribution >= 4 is 0 Å². The molecule has 2 rings (SSSR count). The number of rotatable bonds is 2. The molecular formula is C11H15N5. The van der Waals surface area contributed by atoms with Crippen LogP contribution < -0.4 is 5.73 Å². The lowest BCUT2D eigenvalue weighted by Crippen LogP contribution is -2.32. The lowest BCUT2D eigenvalue weighted by molar-refractivity contribution is 0.497. The van der Waals surface area contributed by atoms with E-state index in [1.807, 2.05) is 45.0 Å². The fraction of sp³-hybridized carbons (Fsp3) is 0.364. The van der Waals surface area contributed by atoms with Crippen LogP contribution in [0.4, 0.5) is 0 Å². The van der Waals surface area contributed by atoms with Crippen LogP contribution in [0.2, 0.25) is 0 Å². The molecule has 0 spiro atoms. The molecule has 0 atom stereocenters. The van der Waals surface area contributed by atoms with Crippen molar-refractivity contribution in [1.29, 1.82) is 0 Å². The summed E-state index contributed by atoms with van der Waals surface area (Å²) in [4.78, 5) is 0. The molecule has 0 bridgehead atoms. The van der Waals surface area contributed by atoms with E-state index < -0.39 is 5.54 Å². The van der Waals surface area contributed by atoms with Crippen LogP contribution in [0, 0.1) is 6.92 Å². The van der Waals surface area contributed by atoms with E-state index in [0.717, 1.165) is 11.3 Å². The first-order chi connectivity index (χ1) is 7.50. The number of hydrogen-bond acceptors (Lipinski definition) is 4. The summed E-state index contributed by atoms with van der Waals surface area (Å²) in [5, 5.41) is 11.7. The Kier molecular flexibility index (Phi) is 2.47. The van der Waals surface area contributed by atoms with Gasteiger partial charge < -0.3 is 5.73 Å². The largest absolute Gasteiger partial charge is 0.319 e. The maximum atomic E-state index is 6.03. The Morgan fingerprint density at radius 3 is 2.56 bits per heavy atom. The molecule has 1 aromatic carbocycles. The maximum Gasteiger partial charge on any atom is 0.175 e. The Bertz CT molecular complexity index is 495. The van der Waals surface area contributed by atoms with Crippen LogP contribution >= 0.6 is 0 Å². The van der Waals surface area contributed by atoms with Gasteiger partial charge in [-0.3, -0.25) is 0 Å². The van der Waals surface area contributed by atoms with Gasteiger partial charge in [0.25, 0.3) is 0 Å². The fourth-order valence-corrected chi connectivity index (χ4v) is 1.55. The van der Waals surface area contributed by atoms with Crippen LogP contribution in [0.3, 0.4) is 0 Å². The van der Waals surface area contributed by atoms with Gasteiger partial charge >= 0.3 is 0 Å². The molecule has 1 heterocycles. The van der Waals surface area contributed by atoms with E-state index in [-0.39, 0.29) is 0 Å². The second-order valence-electron chi connectivity index (χ2n) is 4.42. The van der Waals surface area contributed by atoms with Gasteiger partial charge in [0.15, 0.2) is 5.82 Å². The molecule has 0 saturated heterocycles. The molecule has 84 valence electrons. The molecule has 0 aliphatic carbocycles. The maximum absolute atomic E-state index is 6.03. The van der Waals surface area contributed by atoms with Crippen LogP contribution in [-0.2, 0) is 5.54 Å². The van der Waals surface area contributed by atoms with Crippen molar-refractivity contribution in [2.75, 3.05) is 0 Å². The molecule has 2 N–H and O–H groups in total. The highest BCUT2D eigenvalue weighted by Crippen LogP contribution is 2.19. The van der Waals surface area contributed by atoms with Gasteiger partial charge in [0.05, 0.1) is 11.2 Å². The van der Waals surface area contributed by atoms with Crippen LogP contribution in [0.25, 0.3) is 5.69 Å². The van der Waals surface area contributed by atoms with Gasteiger partial charge in [-0.15, -0.1) is 5.10 Å². The quantitative estimate of drug-likeness (QED) is 0.819. The van der Waals surface area contributed by atoms with E-state index in [4.69, 9.17) is 5.73 Å². The first-order valence-corrected chi connectivity index (χ1v) is 5.14. The Hall–Kier alpha value is -1.75. The zero-order valence-electron chi connectivity index (χ0n) is 9.68. The molecule has 0 amide bonds. The minimum Gasteiger partial charge on any atom is -0.319 e. The molecule has 0 aliphatic rings. The van der Waals surface area contributed by atoms with Crippen LogP contribution in [0.5, 0.6) is 0 Å². The number of aryl methyl sites for hydroxylation is 1. The fourth-order valence-electron chi connectivity index (χ4n) is 1.55. The van der Waals surface area contributed by atoms with Crippen molar-refractivity contribution in [3.8, 4) is 5.69 Å². The van der Waals surface area contributed by atoms with E-state index in [2.05, 4.69) is 15.5 Å². The van der Waals surface area contributed by atoms with Crippen molar-refractivity contribution in [3.05, 3.63) is 35.7 Å². The summed E-state index contributed by atoms with van der Waals surface area (Å²) in [5.74, 6) is 0.654. The summed E-state index contributed by atoms with van der Waals surface area (Å²) in [5.41, 5.74) is 7.53. The number of para-hydroxylation sites is 1. The molecule has 5 nitrogen and oxygen atoms in total. The second kappa shape index (κ2) is 3.68. The molecule has 0 saturated carbocycles. The Morgan fingerprint density at radius 1 is 1.25 bits per heavy atom. The summed E-state index contributed by atoms with van der Waals surface area (Å²) in [7, 11) is 0. The third-order valence-corrected chi connectivity index (χ3v) is 2.39. The normalized spacial score (nSPS) is 11.8. The average Bonchev–Trinajstić information content (AvgIpc) is 2.66. The standard InChI is InChI=1S/C11H15N5/c1-8-6-4-5-7-9(8)16-10(11(2,3)12)13-14-15-16/h4-7H,12H2,1-3H3. The summed E-state index contributed by atoms with van der Waals surface area (Å²) < 4.78 is 1.69. The summed E-state index contributed by atoms with van der Waals surface area (Å²) in [6.45, 7) is 5.78. The summed E-state index contributed by atoms with van der Waals surface area (Å²) >= 11 is 0. The minimum absolute atomic E-state index is 0.564. The van der Waals surface area contributed by atoms with Gasteiger partial charge in [-0.05, 0) is 42.8 Å². The van der Waals surface area contributed by atoms with E-state index in [9.17, 15) is 0 Å². The molecule has 0 aliphatic heterocycles. The third kappa shape index (κ3) is 1.81. The molecule has 0 radical (unpaired) electrons. The van der Waals surface area contributed by atoms with Crippen LogP contribution in [0.15, 0.2) is 24.3 Å². The Balaban J connectivity index is 2.58. The van der Waals surface area contributed by atoms with Crippen LogP contribution in [0.1, 0.15) is 25.2 Å². The summed E-state index contributed by atoms with van der Waals surface area (Å²) in [6, 6.07) is 7.93. The first-order valence-electron chi connectivity index (χ1n) is 5.14. The SMILES string of the molecule is Cc1ccccc1-n1nnnc1C(C)(C)N. The lowest BCUT2D eigenvalue weighted by atomic mass is 10.1. The summed E-state index contributed by atoms with van der Waals surface area (Å²) in [6.07, 6.45) is 0. The topological polar surface area (TPSA) is 69.6 Å². The van der Waals surface area contributed by atoms with E-state index in [1.54, 1.807) is 4.68 Å². The number of nitrogens with zero attached hydrogens (tertiary/aromatic N) is 4. The Morgan fingerprint density at radius 2 is 1.94 bits per heavy atom. The molecule has 0 unspecified atom stereocenters. The van der Waals surface area contributed by atoms with E-state index in [0.29, 0.717) is 5.82 Å². The predicted molar refractivity (Wildman–Crippen MR) is 61.1 cm³/mol. The van der Waals surface area contributed by atoms with E-state index >= 15 is 0 Å². The van der Waals surface area contributed by atoms with Crippen molar-refractivity contribution in [2.24, 2.45) is 5.73 Å². The van der Waals surface area contributed by atoms with Gasteiger partial charge in [0.1, 0.15) is 0 Å². The smallest absolute Gasteiger partial charge is 0.175 e. The predicted octanol–water partition coefficient (Wildman–Crippen LogP) is 1.16. The van der Waals surface area contributed by atoms with Crippen molar-refractivity contribution in [2.45, 2.75) is 26.3 Å². The lowest BCUT2D eigenvalue weighted by Gasteiger charge is -2.17.